The lowest BCUT2D eigenvalue weighted by Crippen LogP contribution is -2.55. The van der Waals surface area contributed by atoms with Gasteiger partial charge in [-0.25, -0.2) is 14.8 Å². The van der Waals surface area contributed by atoms with E-state index in [1.165, 1.54) is 20.0 Å². The molecular weight excluding hydrogens is 783 g/mol. The molecule has 62 heavy (non-hydrogen) atoms. The number of ether oxygens (including phenoxy) is 3. The van der Waals surface area contributed by atoms with Crippen molar-refractivity contribution in [2.75, 3.05) is 7.11 Å². The van der Waals surface area contributed by atoms with Gasteiger partial charge < -0.3 is 39.3 Å². The van der Waals surface area contributed by atoms with Gasteiger partial charge in [0.1, 0.15) is 30.0 Å². The number of aromatic nitrogens is 4. The Balaban J connectivity index is 0.903. The predicted molar refractivity (Wildman–Crippen MR) is 236 cm³/mol. The van der Waals surface area contributed by atoms with Crippen molar-refractivity contribution >= 4 is 39.7 Å². The smallest absolute Gasteiger partial charge is 0.407 e. The number of hydrogen-bond acceptors (Lipinski definition) is 8. The molecule has 0 spiro atoms. The second-order valence-electron chi connectivity index (χ2n) is 19.2. The highest BCUT2D eigenvalue weighted by Crippen LogP contribution is 2.49. The topological polar surface area (TPSA) is 155 Å². The molecule has 3 N–H and O–H groups in total. The minimum Gasteiger partial charge on any atom is -0.488 e. The maximum atomic E-state index is 14.5. The van der Waals surface area contributed by atoms with Gasteiger partial charge in [0.05, 0.1) is 54.3 Å². The van der Waals surface area contributed by atoms with Crippen LogP contribution in [0, 0.1) is 17.8 Å². The van der Waals surface area contributed by atoms with Crippen LogP contribution in [0.2, 0.25) is 0 Å². The Morgan fingerprint density at radius 2 is 1.73 bits per heavy atom. The molecule has 0 bridgehead atoms. The molecule has 13 nitrogen and oxygen atoms in total. The second kappa shape index (κ2) is 16.0. The zero-order chi connectivity index (χ0) is 43.0. The molecule has 0 radical (unpaired) electrons. The third-order valence-corrected chi connectivity index (χ3v) is 14.5. The number of rotatable bonds is 8. The zero-order valence-corrected chi connectivity index (χ0v) is 36.7. The fourth-order valence-corrected chi connectivity index (χ4v) is 11.7. The summed E-state index contributed by atoms with van der Waals surface area (Å²) in [6.45, 7) is 10.8. The van der Waals surface area contributed by atoms with Crippen LogP contribution < -0.4 is 10.1 Å². The van der Waals surface area contributed by atoms with Crippen LogP contribution in [0.4, 0.5) is 4.79 Å². The molecule has 1 saturated carbocycles. The molecule has 3 aromatic carbocycles. The van der Waals surface area contributed by atoms with Crippen LogP contribution in [-0.4, -0.2) is 85.1 Å². The van der Waals surface area contributed by atoms with E-state index in [-0.39, 0.29) is 48.1 Å². The maximum Gasteiger partial charge on any atom is 0.407 e. The Morgan fingerprint density at radius 1 is 0.903 bits per heavy atom. The van der Waals surface area contributed by atoms with Gasteiger partial charge in [-0.2, -0.15) is 0 Å². The summed E-state index contributed by atoms with van der Waals surface area (Å²) in [6, 6.07) is 14.3. The summed E-state index contributed by atoms with van der Waals surface area (Å²) in [5.41, 5.74) is 6.97. The van der Waals surface area contributed by atoms with Gasteiger partial charge in [-0.05, 0) is 130 Å². The Kier molecular flexibility index (Phi) is 10.5. The predicted octanol–water partition coefficient (Wildman–Crippen LogP) is 9.13. The number of carbonyl (C=O) groups is 3. The molecule has 8 atom stereocenters. The van der Waals surface area contributed by atoms with Crippen molar-refractivity contribution in [1.82, 2.24) is 35.1 Å². The first-order chi connectivity index (χ1) is 29.9. The molecule has 4 aliphatic heterocycles. The van der Waals surface area contributed by atoms with E-state index in [0.29, 0.717) is 43.7 Å². The molecule has 5 aromatic rings. The van der Waals surface area contributed by atoms with Gasteiger partial charge in [-0.1, -0.05) is 38.5 Å². The van der Waals surface area contributed by atoms with Crippen LogP contribution in [-0.2, 0) is 25.7 Å². The average molecular weight is 842 g/mol. The van der Waals surface area contributed by atoms with Crippen LogP contribution in [0.3, 0.4) is 0 Å². The average Bonchev–Trinajstić information content (AvgIpc) is 4.09. The number of imidazole rings is 2. The molecule has 6 heterocycles. The minimum absolute atomic E-state index is 0.0173. The van der Waals surface area contributed by atoms with Crippen LogP contribution in [0.1, 0.15) is 122 Å². The highest BCUT2D eigenvalue weighted by atomic mass is 16.5. The van der Waals surface area contributed by atoms with Gasteiger partial charge >= 0.3 is 6.09 Å². The standard InChI is InChI=1S/C49H59N7O6/c1-25(2)16-43(57)56-39-9-7-8-31(39)21-41(56)47-51-37-14-12-29-20-36-34-13-11-30(19-33(34)24-61-42(36)22-35(29)45(37)53-47)38-23-50-46(52-38)40-15-10-26(3)55(40)48(58)44(54-49(59)60-6)32-17-27(4)62-28(5)18-32/h11-14,19-20,22-23,25-28,31-32,39-41,44H,7-10,15-18,21,24H2,1-6H3,(H,50,52)(H,51,53)(H,54,59)/t26-,27+,28+,31-,39-,40-,41-,44-/m0/s1. The Labute approximate surface area is 362 Å². The molecular formula is C49H59N7O6. The third kappa shape index (κ3) is 7.19. The number of fused-ring (bicyclic) bond motifs is 7. The van der Waals surface area contributed by atoms with Crippen LogP contribution >= 0.6 is 0 Å². The van der Waals surface area contributed by atoms with Crippen LogP contribution in [0.5, 0.6) is 5.75 Å². The Morgan fingerprint density at radius 3 is 2.52 bits per heavy atom. The van der Waals surface area contributed by atoms with Crippen molar-refractivity contribution in [3.05, 3.63) is 65.9 Å². The SMILES string of the molecule is COC(=O)N[C@H](C(=O)N1[C@@H](C)CC[C@H]1c1ncc(-c2ccc3c(c2)COc2cc4c(ccc5[nH]c([C@@H]6C[C@@H]7CCC[C@@H]7N6C(=O)CC(C)C)nc54)cc2-3)[nH]1)C1C[C@@H](C)O[C@H](C)C1. The second-order valence-corrected chi connectivity index (χ2v) is 19.2. The van der Waals surface area contributed by atoms with Gasteiger partial charge in [0.15, 0.2) is 0 Å². The quantitative estimate of drug-likeness (QED) is 0.140. The van der Waals surface area contributed by atoms with Gasteiger partial charge in [0.2, 0.25) is 11.8 Å². The maximum absolute atomic E-state index is 14.5. The number of nitrogens with one attached hydrogen (secondary N) is 3. The molecule has 1 aliphatic carbocycles. The Hall–Kier alpha value is -5.43. The summed E-state index contributed by atoms with van der Waals surface area (Å²) in [7, 11) is 1.32. The van der Waals surface area contributed by atoms with E-state index in [1.807, 2.05) is 24.9 Å². The number of methoxy groups -OCH3 is 1. The van der Waals surface area contributed by atoms with E-state index in [1.54, 1.807) is 0 Å². The fraction of sp³-hybridized carbons (Fsp3) is 0.531. The summed E-state index contributed by atoms with van der Waals surface area (Å²) >= 11 is 0. The summed E-state index contributed by atoms with van der Waals surface area (Å²) in [6.07, 6.45) is 9.12. The molecule has 3 amide bonds. The first-order valence-corrected chi connectivity index (χ1v) is 22.8. The normalized spacial score (nSPS) is 27.3. The number of aromatic amines is 2. The molecule has 10 rings (SSSR count). The zero-order valence-electron chi connectivity index (χ0n) is 36.7. The molecule has 326 valence electrons. The number of amides is 3. The van der Waals surface area contributed by atoms with Crippen molar-refractivity contribution in [2.24, 2.45) is 17.8 Å². The summed E-state index contributed by atoms with van der Waals surface area (Å²) < 4.78 is 17.4. The van der Waals surface area contributed by atoms with Gasteiger partial charge in [-0.3, -0.25) is 9.59 Å². The molecule has 2 aromatic heterocycles. The third-order valence-electron chi connectivity index (χ3n) is 14.5. The van der Waals surface area contributed by atoms with Crippen LogP contribution in [0.15, 0.2) is 48.7 Å². The lowest BCUT2D eigenvalue weighted by Gasteiger charge is -2.39. The van der Waals surface area contributed by atoms with Crippen molar-refractivity contribution in [2.45, 2.75) is 141 Å². The first-order valence-electron chi connectivity index (χ1n) is 22.8. The fourth-order valence-electron chi connectivity index (χ4n) is 11.7. The highest BCUT2D eigenvalue weighted by Gasteiger charge is 2.48. The Bertz CT molecular complexity index is 2540. The van der Waals surface area contributed by atoms with Gasteiger partial charge in [-0.15, -0.1) is 0 Å². The number of nitrogens with zero attached hydrogens (tertiary/aromatic N) is 4. The van der Waals surface area contributed by atoms with Crippen molar-refractivity contribution in [3.8, 4) is 28.1 Å². The lowest BCUT2D eigenvalue weighted by atomic mass is 9.85. The molecule has 13 heteroatoms. The first kappa shape index (κ1) is 40.6. The number of carbonyl (C=O) groups excluding carboxylic acids is 3. The summed E-state index contributed by atoms with van der Waals surface area (Å²) in [4.78, 5) is 62.0. The highest BCUT2D eigenvalue weighted by molar-refractivity contribution is 6.07. The van der Waals surface area contributed by atoms with Crippen molar-refractivity contribution in [3.63, 3.8) is 0 Å². The number of hydrogen-bond donors (Lipinski definition) is 3. The van der Waals surface area contributed by atoms with Crippen molar-refractivity contribution in [1.29, 1.82) is 0 Å². The van der Waals surface area contributed by atoms with Crippen molar-refractivity contribution < 1.29 is 28.6 Å². The lowest BCUT2D eigenvalue weighted by molar-refractivity contribution is -0.140. The van der Waals surface area contributed by atoms with E-state index in [0.717, 1.165) is 92.8 Å². The van der Waals surface area contributed by atoms with Gasteiger partial charge in [0.25, 0.3) is 0 Å². The van der Waals surface area contributed by atoms with E-state index in [4.69, 9.17) is 24.2 Å². The molecule has 3 saturated heterocycles. The number of H-pyrrole nitrogens is 2. The summed E-state index contributed by atoms with van der Waals surface area (Å²) in [5, 5.41) is 5.01. The number of likely N-dealkylation sites (tertiary alicyclic amines) is 2. The van der Waals surface area contributed by atoms with E-state index in [2.05, 4.69) is 83.4 Å². The number of benzene rings is 3. The minimum atomic E-state index is -0.730. The van der Waals surface area contributed by atoms with E-state index < -0.39 is 12.1 Å². The van der Waals surface area contributed by atoms with Crippen LogP contribution in [0.25, 0.3) is 44.2 Å². The monoisotopic (exact) mass is 841 g/mol. The molecule has 0 unspecified atom stereocenters. The van der Waals surface area contributed by atoms with E-state index >= 15 is 0 Å². The van der Waals surface area contributed by atoms with Gasteiger partial charge in [0, 0.05) is 29.5 Å². The van der Waals surface area contributed by atoms with E-state index in [9.17, 15) is 14.4 Å². The molecule has 5 aliphatic rings. The molecule has 4 fully saturated rings. The summed E-state index contributed by atoms with van der Waals surface area (Å²) in [5.74, 6) is 3.35. The number of alkyl carbamates (subject to hydrolysis) is 1. The largest absolute Gasteiger partial charge is 0.488 e.